The summed E-state index contributed by atoms with van der Waals surface area (Å²) in [6.45, 7) is 7.24. The summed E-state index contributed by atoms with van der Waals surface area (Å²) >= 11 is 0. The highest BCUT2D eigenvalue weighted by atomic mass is 19.1. The number of rotatable bonds is 5. The maximum absolute atomic E-state index is 15.5. The maximum atomic E-state index is 15.5. The Morgan fingerprint density at radius 3 is 2.71 bits per heavy atom. The number of ether oxygens (including phenoxy) is 1. The molecule has 1 aromatic carbocycles. The number of imidazole rings is 1. The zero-order chi connectivity index (χ0) is 26.6. The summed E-state index contributed by atoms with van der Waals surface area (Å²) in [5.74, 6) is 0.499. The molecule has 4 unspecified atom stereocenters. The van der Waals surface area contributed by atoms with Crippen molar-refractivity contribution in [3.63, 3.8) is 0 Å². The molecular formula is C29H33FN6O2. The molecule has 0 bridgehead atoms. The fourth-order valence-electron chi connectivity index (χ4n) is 5.91. The lowest BCUT2D eigenvalue weighted by molar-refractivity contribution is -0.0501. The molecule has 4 atom stereocenters. The van der Waals surface area contributed by atoms with Crippen LogP contribution in [0.25, 0.3) is 16.8 Å². The lowest BCUT2D eigenvalue weighted by Crippen LogP contribution is -2.44. The highest BCUT2D eigenvalue weighted by molar-refractivity contribution is 5.68. The largest absolute Gasteiger partial charge is 0.391 e. The van der Waals surface area contributed by atoms with Crippen molar-refractivity contribution < 1.29 is 14.2 Å². The van der Waals surface area contributed by atoms with Crippen LogP contribution in [0.5, 0.6) is 0 Å². The summed E-state index contributed by atoms with van der Waals surface area (Å²) in [6.07, 6.45) is 6.30. The number of nitrogens with two attached hydrogens (primary N) is 1. The lowest BCUT2D eigenvalue weighted by Gasteiger charge is -2.39. The van der Waals surface area contributed by atoms with Crippen LogP contribution < -0.4 is 11.1 Å². The van der Waals surface area contributed by atoms with Crippen molar-refractivity contribution in [2.24, 2.45) is 11.7 Å². The lowest BCUT2D eigenvalue weighted by atomic mass is 9.74. The predicted octanol–water partition coefficient (Wildman–Crippen LogP) is 4.47. The Labute approximate surface area is 221 Å². The molecule has 6 rings (SSSR count). The van der Waals surface area contributed by atoms with Crippen LogP contribution in [0.3, 0.4) is 0 Å². The molecule has 38 heavy (non-hydrogen) atoms. The van der Waals surface area contributed by atoms with Crippen LogP contribution in [0.15, 0.2) is 48.9 Å². The van der Waals surface area contributed by atoms with Gasteiger partial charge in [0.15, 0.2) is 0 Å². The normalized spacial score (nSPS) is 24.8. The van der Waals surface area contributed by atoms with Gasteiger partial charge in [-0.1, -0.05) is 19.9 Å². The third-order valence-electron chi connectivity index (χ3n) is 8.24. The summed E-state index contributed by atoms with van der Waals surface area (Å²) in [5.41, 5.74) is 11.6. The number of nitrogens with zero attached hydrogens (tertiary/aromatic N) is 4. The van der Waals surface area contributed by atoms with Crippen molar-refractivity contribution in [3.05, 3.63) is 71.4 Å². The standard InChI is InChI=1S/C29H33FN6O2/c1-16-9-19(29(3)14-38-15-29)11-22(30)26(16)24-5-4-20-12-33-28(36(20)35-24)34-25-13-32-7-6-21(25)18-8-17(2)27(37)23(31)10-18/h4-7,9,11-13,17-18,23,27,37H,8,10,14-15,31H2,1-3H3,(H,33,34). The monoisotopic (exact) mass is 516 g/mol. The van der Waals surface area contributed by atoms with Gasteiger partial charge < -0.3 is 20.9 Å². The average molecular weight is 517 g/mol. The van der Waals surface area contributed by atoms with Gasteiger partial charge in [0, 0.05) is 23.2 Å². The van der Waals surface area contributed by atoms with Crippen LogP contribution in [-0.4, -0.2) is 50.0 Å². The van der Waals surface area contributed by atoms with Crippen molar-refractivity contribution in [3.8, 4) is 11.3 Å². The van der Waals surface area contributed by atoms with Crippen molar-refractivity contribution in [1.82, 2.24) is 19.6 Å². The molecule has 4 heterocycles. The molecule has 0 spiro atoms. The van der Waals surface area contributed by atoms with Gasteiger partial charge in [0.2, 0.25) is 5.95 Å². The number of hydrogen-bond donors (Lipinski definition) is 3. The molecule has 198 valence electrons. The van der Waals surface area contributed by atoms with E-state index in [4.69, 9.17) is 15.6 Å². The highest BCUT2D eigenvalue weighted by Crippen LogP contribution is 2.39. The summed E-state index contributed by atoms with van der Waals surface area (Å²) in [4.78, 5) is 8.88. The molecule has 1 aliphatic heterocycles. The van der Waals surface area contributed by atoms with E-state index in [0.29, 0.717) is 36.8 Å². The average Bonchev–Trinajstić information content (AvgIpc) is 3.27. The summed E-state index contributed by atoms with van der Waals surface area (Å²) < 4.78 is 22.5. The van der Waals surface area contributed by atoms with Gasteiger partial charge in [-0.2, -0.15) is 9.61 Å². The number of fused-ring (bicyclic) bond motifs is 1. The van der Waals surface area contributed by atoms with Crippen LogP contribution in [0.2, 0.25) is 0 Å². The van der Waals surface area contributed by atoms with Gasteiger partial charge in [0.1, 0.15) is 5.82 Å². The highest BCUT2D eigenvalue weighted by Gasteiger charge is 2.36. The second kappa shape index (κ2) is 9.41. The van der Waals surface area contributed by atoms with Gasteiger partial charge in [-0.15, -0.1) is 0 Å². The first kappa shape index (κ1) is 24.9. The number of benzene rings is 1. The molecule has 1 saturated heterocycles. The zero-order valence-electron chi connectivity index (χ0n) is 21.9. The van der Waals surface area contributed by atoms with E-state index < -0.39 is 6.10 Å². The van der Waals surface area contributed by atoms with E-state index in [1.807, 2.05) is 38.1 Å². The number of hydrogen-bond acceptors (Lipinski definition) is 7. The summed E-state index contributed by atoms with van der Waals surface area (Å²) in [5, 5.41) is 18.5. The number of aliphatic hydroxyl groups is 1. The van der Waals surface area contributed by atoms with Gasteiger partial charge in [0.25, 0.3) is 0 Å². The Morgan fingerprint density at radius 1 is 1.18 bits per heavy atom. The van der Waals surface area contributed by atoms with Crippen molar-refractivity contribution in [2.75, 3.05) is 18.5 Å². The topological polar surface area (TPSA) is 111 Å². The van der Waals surface area contributed by atoms with Crippen LogP contribution >= 0.6 is 0 Å². The molecule has 1 saturated carbocycles. The fraction of sp³-hybridized carbons (Fsp3) is 0.414. The SMILES string of the molecule is Cc1cc(C2(C)COC2)cc(F)c1-c1ccc2cnc(Nc3cnccc3C3CC(C)C(O)C(N)C3)n2n1. The molecule has 3 aromatic heterocycles. The molecule has 8 nitrogen and oxygen atoms in total. The first-order chi connectivity index (χ1) is 18.2. The van der Waals surface area contributed by atoms with Crippen LogP contribution in [-0.2, 0) is 10.2 Å². The van der Waals surface area contributed by atoms with Gasteiger partial charge in [-0.05, 0) is 72.6 Å². The van der Waals surface area contributed by atoms with Gasteiger partial charge in [-0.3, -0.25) is 4.98 Å². The number of aryl methyl sites for hydroxylation is 1. The Bertz CT molecular complexity index is 1460. The smallest absolute Gasteiger partial charge is 0.229 e. The van der Waals surface area contributed by atoms with Gasteiger partial charge in [0.05, 0.1) is 48.6 Å². The van der Waals surface area contributed by atoms with E-state index in [9.17, 15) is 5.11 Å². The number of nitrogens with one attached hydrogen (secondary N) is 1. The minimum atomic E-state index is -0.494. The number of aliphatic hydroxyl groups excluding tert-OH is 1. The predicted molar refractivity (Wildman–Crippen MR) is 144 cm³/mol. The van der Waals surface area contributed by atoms with E-state index in [-0.39, 0.29) is 29.1 Å². The fourth-order valence-corrected chi connectivity index (χ4v) is 5.91. The minimum Gasteiger partial charge on any atom is -0.391 e. The first-order valence-electron chi connectivity index (χ1n) is 13.1. The minimum absolute atomic E-state index is 0.102. The number of halogens is 1. The molecule has 4 aromatic rings. The third kappa shape index (κ3) is 4.24. The quantitative estimate of drug-likeness (QED) is 0.359. The first-order valence-corrected chi connectivity index (χ1v) is 13.1. The van der Waals surface area contributed by atoms with E-state index in [0.717, 1.165) is 34.3 Å². The molecule has 2 aliphatic rings. The Balaban J connectivity index is 1.34. The Morgan fingerprint density at radius 2 is 2.00 bits per heavy atom. The summed E-state index contributed by atoms with van der Waals surface area (Å²) in [7, 11) is 0. The summed E-state index contributed by atoms with van der Waals surface area (Å²) in [6, 6.07) is 9.08. The van der Waals surface area contributed by atoms with Gasteiger partial charge in [-0.25, -0.2) is 9.37 Å². The second-order valence-electron chi connectivity index (χ2n) is 11.2. The number of pyridine rings is 1. The van der Waals surface area contributed by atoms with E-state index in [1.54, 1.807) is 29.2 Å². The second-order valence-corrected chi connectivity index (χ2v) is 11.2. The van der Waals surface area contributed by atoms with Crippen molar-refractivity contribution in [2.45, 2.75) is 57.1 Å². The molecule has 1 aliphatic carbocycles. The van der Waals surface area contributed by atoms with Crippen molar-refractivity contribution >= 4 is 17.2 Å². The molecule has 2 fully saturated rings. The van der Waals surface area contributed by atoms with E-state index in [1.165, 1.54) is 0 Å². The molecular weight excluding hydrogens is 483 g/mol. The van der Waals surface area contributed by atoms with Crippen molar-refractivity contribution in [1.29, 1.82) is 0 Å². The number of anilines is 2. The van der Waals surface area contributed by atoms with E-state index in [2.05, 4.69) is 22.2 Å². The Hall–Kier alpha value is -3.40. The van der Waals surface area contributed by atoms with Gasteiger partial charge >= 0.3 is 0 Å². The molecule has 4 N–H and O–H groups in total. The Kier molecular flexibility index (Phi) is 6.17. The zero-order valence-corrected chi connectivity index (χ0v) is 21.9. The maximum Gasteiger partial charge on any atom is 0.229 e. The van der Waals surface area contributed by atoms with E-state index >= 15 is 4.39 Å². The van der Waals surface area contributed by atoms with Crippen LogP contribution in [0.1, 0.15) is 49.3 Å². The molecule has 0 radical (unpaired) electrons. The van der Waals surface area contributed by atoms with Crippen LogP contribution in [0.4, 0.5) is 16.0 Å². The third-order valence-corrected chi connectivity index (χ3v) is 8.24. The number of aromatic nitrogens is 4. The molecule has 9 heteroatoms. The molecule has 0 amide bonds. The van der Waals surface area contributed by atoms with Crippen LogP contribution in [0, 0.1) is 18.7 Å².